The Kier molecular flexibility index (Phi) is 8.00. The van der Waals surface area contributed by atoms with Crippen molar-refractivity contribution in [3.63, 3.8) is 0 Å². The summed E-state index contributed by atoms with van der Waals surface area (Å²) in [7, 11) is 0. The van der Waals surface area contributed by atoms with Gasteiger partial charge in [-0.3, -0.25) is 24.8 Å². The van der Waals surface area contributed by atoms with Crippen LogP contribution in [-0.2, 0) is 4.79 Å². The first kappa shape index (κ1) is 24.9. The second-order valence-electron chi connectivity index (χ2n) is 8.22. The number of carbonyl (C=O) groups is 2. The molecule has 3 N–H and O–H groups in total. The van der Waals surface area contributed by atoms with Crippen molar-refractivity contribution < 1.29 is 14.5 Å². The van der Waals surface area contributed by atoms with E-state index >= 15 is 0 Å². The average Bonchev–Trinajstić information content (AvgIpc) is 3.23. The highest BCUT2D eigenvalue weighted by Gasteiger charge is 2.24. The lowest BCUT2D eigenvalue weighted by Gasteiger charge is -2.19. The van der Waals surface area contributed by atoms with Crippen LogP contribution in [0.5, 0.6) is 0 Å². The number of aromatic amines is 1. The molecule has 11 heteroatoms. The molecule has 0 fully saturated rings. The molecule has 1 heterocycles. The van der Waals surface area contributed by atoms with E-state index in [0.717, 1.165) is 16.8 Å². The number of nitrogens with zero attached hydrogens (tertiary/aromatic N) is 3. The van der Waals surface area contributed by atoms with E-state index in [0.29, 0.717) is 11.0 Å². The molecule has 2 amide bonds. The van der Waals surface area contributed by atoms with Gasteiger partial charge in [0.15, 0.2) is 0 Å². The fourth-order valence-electron chi connectivity index (χ4n) is 3.37. The van der Waals surface area contributed by atoms with Gasteiger partial charge in [-0.15, -0.1) is 5.10 Å². The van der Waals surface area contributed by atoms with E-state index in [1.165, 1.54) is 36.0 Å². The zero-order valence-corrected chi connectivity index (χ0v) is 20.1. The fraction of sp³-hybridized carbons (Fsp3) is 0.304. The van der Waals surface area contributed by atoms with Gasteiger partial charge in [0.25, 0.3) is 11.6 Å². The number of hydrogen-bond donors (Lipinski definition) is 3. The van der Waals surface area contributed by atoms with Gasteiger partial charge in [-0.1, -0.05) is 37.7 Å². The van der Waals surface area contributed by atoms with Crippen molar-refractivity contribution in [2.75, 3.05) is 11.1 Å². The Morgan fingerprint density at radius 3 is 2.50 bits per heavy atom. The number of hydrogen-bond acceptors (Lipinski definition) is 7. The van der Waals surface area contributed by atoms with Crippen LogP contribution in [0.3, 0.4) is 0 Å². The van der Waals surface area contributed by atoms with Crippen molar-refractivity contribution in [1.82, 2.24) is 20.5 Å². The maximum Gasteiger partial charge on any atom is 0.270 e. The standard InChI is InChI=1S/C23H26N6O4S/c1-13(2)20(25-22(31)16-6-5-7-18(11-16)29(32)33)21-26-23(28-27-21)34-12-19(30)24-17-9-14(3)8-15(4)10-17/h5-11,13,20H,12H2,1-4H3,(H,24,30)(H,25,31)(H,26,27,28)/t20-/m0/s1. The third-order valence-corrected chi connectivity index (χ3v) is 5.73. The summed E-state index contributed by atoms with van der Waals surface area (Å²) in [6, 6.07) is 10.9. The molecule has 0 radical (unpaired) electrons. The molecule has 0 aliphatic rings. The van der Waals surface area contributed by atoms with Crippen LogP contribution in [0.2, 0.25) is 0 Å². The summed E-state index contributed by atoms with van der Waals surface area (Å²) in [5.74, 6) is -0.120. The van der Waals surface area contributed by atoms with Crippen LogP contribution in [0.25, 0.3) is 0 Å². The molecule has 178 valence electrons. The van der Waals surface area contributed by atoms with Crippen LogP contribution in [0.4, 0.5) is 11.4 Å². The van der Waals surface area contributed by atoms with E-state index in [-0.39, 0.29) is 28.8 Å². The lowest BCUT2D eigenvalue weighted by Crippen LogP contribution is -2.32. The van der Waals surface area contributed by atoms with E-state index in [9.17, 15) is 19.7 Å². The molecule has 1 aromatic heterocycles. The zero-order valence-electron chi connectivity index (χ0n) is 19.3. The Labute approximate surface area is 201 Å². The number of nitro benzene ring substituents is 1. The van der Waals surface area contributed by atoms with Crippen molar-refractivity contribution in [2.24, 2.45) is 5.92 Å². The number of benzene rings is 2. The van der Waals surface area contributed by atoms with E-state index in [4.69, 9.17) is 0 Å². The number of nitro groups is 1. The SMILES string of the molecule is Cc1cc(C)cc(NC(=O)CSc2n[nH]c([C@@H](NC(=O)c3cccc([N+](=O)[O-])c3)C(C)C)n2)c1. The number of carbonyl (C=O) groups excluding carboxylic acids is 2. The lowest BCUT2D eigenvalue weighted by molar-refractivity contribution is -0.384. The molecule has 34 heavy (non-hydrogen) atoms. The molecule has 0 saturated carbocycles. The summed E-state index contributed by atoms with van der Waals surface area (Å²) >= 11 is 1.17. The minimum Gasteiger partial charge on any atom is -0.342 e. The van der Waals surface area contributed by atoms with Crippen LogP contribution in [0.15, 0.2) is 47.6 Å². The van der Waals surface area contributed by atoms with Crippen molar-refractivity contribution in [2.45, 2.75) is 38.9 Å². The average molecular weight is 483 g/mol. The molecule has 3 rings (SSSR count). The van der Waals surface area contributed by atoms with E-state index in [1.54, 1.807) is 0 Å². The van der Waals surface area contributed by atoms with Gasteiger partial charge in [0.05, 0.1) is 16.7 Å². The maximum atomic E-state index is 12.7. The number of nitrogens with one attached hydrogen (secondary N) is 3. The van der Waals surface area contributed by atoms with Crippen LogP contribution in [0, 0.1) is 29.9 Å². The van der Waals surface area contributed by atoms with Crippen LogP contribution in [-0.4, -0.2) is 37.7 Å². The molecule has 0 aliphatic carbocycles. The highest BCUT2D eigenvalue weighted by molar-refractivity contribution is 7.99. The monoisotopic (exact) mass is 482 g/mol. The zero-order chi connectivity index (χ0) is 24.8. The van der Waals surface area contributed by atoms with Gasteiger partial charge in [-0.25, -0.2) is 4.98 Å². The molecule has 2 aromatic carbocycles. The van der Waals surface area contributed by atoms with Gasteiger partial charge in [0.2, 0.25) is 11.1 Å². The summed E-state index contributed by atoms with van der Waals surface area (Å²) in [6.45, 7) is 7.75. The molecule has 1 atom stereocenters. The predicted molar refractivity (Wildman–Crippen MR) is 130 cm³/mol. The predicted octanol–water partition coefficient (Wildman–Crippen LogP) is 4.19. The largest absolute Gasteiger partial charge is 0.342 e. The molecule has 0 aliphatic heterocycles. The number of amides is 2. The molecule has 0 spiro atoms. The molecule has 10 nitrogen and oxygen atoms in total. The molecular formula is C23H26N6O4S. The van der Waals surface area contributed by atoms with Crippen LogP contribution < -0.4 is 10.6 Å². The van der Waals surface area contributed by atoms with E-state index < -0.39 is 16.9 Å². The van der Waals surface area contributed by atoms with Gasteiger partial charge < -0.3 is 10.6 Å². The van der Waals surface area contributed by atoms with Gasteiger partial charge in [0.1, 0.15) is 5.82 Å². The second-order valence-corrected chi connectivity index (χ2v) is 9.16. The Hall–Kier alpha value is -3.73. The van der Waals surface area contributed by atoms with Gasteiger partial charge >= 0.3 is 0 Å². The summed E-state index contributed by atoms with van der Waals surface area (Å²) in [6.07, 6.45) is 0. The Morgan fingerprint density at radius 1 is 1.15 bits per heavy atom. The number of aromatic nitrogens is 3. The third-order valence-electron chi connectivity index (χ3n) is 4.89. The smallest absolute Gasteiger partial charge is 0.270 e. The summed E-state index contributed by atoms with van der Waals surface area (Å²) in [5.41, 5.74) is 2.88. The van der Waals surface area contributed by atoms with Gasteiger partial charge in [-0.05, 0) is 49.1 Å². The normalized spacial score (nSPS) is 11.8. The van der Waals surface area contributed by atoms with Gasteiger partial charge in [0, 0.05) is 23.4 Å². The van der Waals surface area contributed by atoms with Crippen LogP contribution in [0.1, 0.15) is 47.2 Å². The minimum atomic E-state index is -0.549. The van der Waals surface area contributed by atoms with Crippen molar-refractivity contribution in [3.05, 3.63) is 75.1 Å². The Bertz CT molecular complexity index is 1190. The number of non-ortho nitro benzene ring substituents is 1. The quantitative estimate of drug-likeness (QED) is 0.236. The summed E-state index contributed by atoms with van der Waals surface area (Å²) in [5, 5.41) is 24.1. The molecular weight excluding hydrogens is 456 g/mol. The Balaban J connectivity index is 1.63. The highest BCUT2D eigenvalue weighted by atomic mass is 32.2. The molecule has 0 saturated heterocycles. The van der Waals surface area contributed by atoms with Gasteiger partial charge in [-0.2, -0.15) is 0 Å². The number of H-pyrrole nitrogens is 1. The van der Waals surface area contributed by atoms with Crippen molar-refractivity contribution >= 4 is 35.0 Å². The maximum absolute atomic E-state index is 12.7. The summed E-state index contributed by atoms with van der Waals surface area (Å²) < 4.78 is 0. The third kappa shape index (κ3) is 6.64. The summed E-state index contributed by atoms with van der Waals surface area (Å²) in [4.78, 5) is 39.9. The first-order chi connectivity index (χ1) is 16.1. The minimum absolute atomic E-state index is 0.0405. The van der Waals surface area contributed by atoms with E-state index in [1.807, 2.05) is 45.9 Å². The highest BCUT2D eigenvalue weighted by Crippen LogP contribution is 2.23. The molecule has 0 unspecified atom stereocenters. The molecule has 3 aromatic rings. The fourth-order valence-corrected chi connectivity index (χ4v) is 3.98. The van der Waals surface area contributed by atoms with Crippen molar-refractivity contribution in [1.29, 1.82) is 0 Å². The lowest BCUT2D eigenvalue weighted by atomic mass is 10.0. The number of anilines is 1. The van der Waals surface area contributed by atoms with Crippen LogP contribution >= 0.6 is 11.8 Å². The van der Waals surface area contributed by atoms with E-state index in [2.05, 4.69) is 25.8 Å². The second kappa shape index (κ2) is 10.9. The topological polar surface area (TPSA) is 143 Å². The molecule has 0 bridgehead atoms. The number of thioether (sulfide) groups is 1. The van der Waals surface area contributed by atoms with Crippen molar-refractivity contribution in [3.8, 4) is 0 Å². The Morgan fingerprint density at radius 2 is 1.85 bits per heavy atom. The number of aryl methyl sites for hydroxylation is 2. The first-order valence-corrected chi connectivity index (χ1v) is 11.6. The number of rotatable bonds is 9. The first-order valence-electron chi connectivity index (χ1n) is 10.6.